The van der Waals surface area contributed by atoms with Crippen molar-refractivity contribution in [2.24, 2.45) is 5.41 Å². The monoisotopic (exact) mass is 274 g/mol. The van der Waals surface area contributed by atoms with E-state index in [0.29, 0.717) is 11.5 Å². The van der Waals surface area contributed by atoms with E-state index in [4.69, 9.17) is 0 Å². The summed E-state index contributed by atoms with van der Waals surface area (Å²) < 4.78 is 1.29. The normalized spacial score (nSPS) is 19.7. The Labute approximate surface area is 119 Å². The van der Waals surface area contributed by atoms with E-state index in [1.54, 1.807) is 11.3 Å². The summed E-state index contributed by atoms with van der Waals surface area (Å²) in [7, 11) is 0. The number of fused-ring (bicyclic) bond motifs is 1. The Balaban J connectivity index is 1.71. The van der Waals surface area contributed by atoms with Crippen molar-refractivity contribution >= 4 is 27.2 Å². The van der Waals surface area contributed by atoms with Crippen LogP contribution in [-0.4, -0.2) is 11.0 Å². The zero-order valence-electron chi connectivity index (χ0n) is 12.0. The van der Waals surface area contributed by atoms with Crippen LogP contribution in [0.3, 0.4) is 0 Å². The minimum Gasteiger partial charge on any atom is -0.382 e. The molecular weight excluding hydrogens is 252 g/mol. The number of nitrogens with zero attached hydrogens (tertiary/aromatic N) is 1. The van der Waals surface area contributed by atoms with E-state index in [-0.39, 0.29) is 0 Å². The van der Waals surface area contributed by atoms with Crippen LogP contribution in [-0.2, 0) is 0 Å². The van der Waals surface area contributed by atoms with Crippen LogP contribution < -0.4 is 5.32 Å². The predicted octanol–water partition coefficient (Wildman–Crippen LogP) is 4.99. The molecule has 19 heavy (non-hydrogen) atoms. The quantitative estimate of drug-likeness (QED) is 0.835. The van der Waals surface area contributed by atoms with Gasteiger partial charge in [-0.3, -0.25) is 0 Å². The Hall–Kier alpha value is -1.09. The summed E-state index contributed by atoms with van der Waals surface area (Å²) in [5.41, 5.74) is 2.91. The van der Waals surface area contributed by atoms with E-state index in [0.717, 1.165) is 10.5 Å². The first-order valence-electron chi connectivity index (χ1n) is 7.16. The molecule has 1 saturated carbocycles. The average molecular weight is 274 g/mol. The Morgan fingerprint density at radius 1 is 1.26 bits per heavy atom. The summed E-state index contributed by atoms with van der Waals surface area (Å²) in [6, 6.07) is 7.19. The SMILES string of the molecule is Cc1nc2ccc(NC3CCC(C)(C)CC3)cc2s1. The summed E-state index contributed by atoms with van der Waals surface area (Å²) >= 11 is 1.78. The number of rotatable bonds is 2. The Bertz CT molecular complexity index is 575. The van der Waals surface area contributed by atoms with Crippen LogP contribution in [0.25, 0.3) is 10.2 Å². The van der Waals surface area contributed by atoms with E-state index in [2.05, 4.69) is 49.3 Å². The van der Waals surface area contributed by atoms with Crippen LogP contribution >= 0.6 is 11.3 Å². The number of thiazole rings is 1. The van der Waals surface area contributed by atoms with E-state index >= 15 is 0 Å². The molecule has 1 aromatic heterocycles. The van der Waals surface area contributed by atoms with Crippen LogP contribution in [0.2, 0.25) is 0 Å². The summed E-state index contributed by atoms with van der Waals surface area (Å²) in [6.07, 6.45) is 5.22. The molecule has 0 radical (unpaired) electrons. The third-order valence-corrected chi connectivity index (χ3v) is 5.14. The Morgan fingerprint density at radius 3 is 2.74 bits per heavy atom. The summed E-state index contributed by atoms with van der Waals surface area (Å²) in [5.74, 6) is 0. The molecule has 0 amide bonds. The topological polar surface area (TPSA) is 24.9 Å². The molecule has 2 aromatic rings. The van der Waals surface area contributed by atoms with Crippen molar-refractivity contribution in [2.45, 2.75) is 52.5 Å². The highest BCUT2D eigenvalue weighted by atomic mass is 32.1. The van der Waals surface area contributed by atoms with Gasteiger partial charge in [0.15, 0.2) is 0 Å². The van der Waals surface area contributed by atoms with Crippen molar-refractivity contribution in [3.63, 3.8) is 0 Å². The van der Waals surface area contributed by atoms with E-state index in [1.807, 2.05) is 0 Å². The van der Waals surface area contributed by atoms with Crippen LogP contribution in [0.15, 0.2) is 18.2 Å². The van der Waals surface area contributed by atoms with Crippen molar-refractivity contribution in [3.8, 4) is 0 Å². The smallest absolute Gasteiger partial charge is 0.0907 e. The first kappa shape index (κ1) is 12.9. The molecule has 102 valence electrons. The molecule has 0 unspecified atom stereocenters. The third kappa shape index (κ3) is 2.92. The molecule has 1 N–H and O–H groups in total. The summed E-state index contributed by atoms with van der Waals surface area (Å²) in [5, 5.41) is 4.84. The minimum atomic E-state index is 0.539. The molecule has 0 aliphatic heterocycles. The second-order valence-corrected chi connectivity index (χ2v) is 7.73. The lowest BCUT2D eigenvalue weighted by molar-refractivity contribution is 0.232. The standard InChI is InChI=1S/C16H22N2S/c1-11-17-14-5-4-13(10-15(14)19-11)18-12-6-8-16(2,3)9-7-12/h4-5,10,12,18H,6-9H2,1-3H3. The van der Waals surface area contributed by atoms with Gasteiger partial charge >= 0.3 is 0 Å². The van der Waals surface area contributed by atoms with Crippen LogP contribution in [0.5, 0.6) is 0 Å². The number of aromatic nitrogens is 1. The molecule has 1 aromatic carbocycles. The maximum Gasteiger partial charge on any atom is 0.0907 e. The molecule has 0 atom stereocenters. The van der Waals surface area contributed by atoms with Crippen molar-refractivity contribution in [1.29, 1.82) is 0 Å². The highest BCUT2D eigenvalue weighted by molar-refractivity contribution is 7.18. The summed E-state index contributed by atoms with van der Waals surface area (Å²) in [6.45, 7) is 6.84. The lowest BCUT2D eigenvalue weighted by atomic mass is 9.75. The number of anilines is 1. The molecule has 1 fully saturated rings. The summed E-state index contributed by atoms with van der Waals surface area (Å²) in [4.78, 5) is 4.51. The molecule has 1 aliphatic carbocycles. The molecule has 0 bridgehead atoms. The van der Waals surface area contributed by atoms with Crippen LogP contribution in [0, 0.1) is 12.3 Å². The zero-order valence-corrected chi connectivity index (χ0v) is 12.8. The zero-order chi connectivity index (χ0) is 13.5. The fourth-order valence-electron chi connectivity index (χ4n) is 2.91. The Morgan fingerprint density at radius 2 is 2.00 bits per heavy atom. The number of nitrogens with one attached hydrogen (secondary N) is 1. The molecule has 1 heterocycles. The second-order valence-electron chi connectivity index (χ2n) is 6.50. The fraction of sp³-hybridized carbons (Fsp3) is 0.562. The highest BCUT2D eigenvalue weighted by Gasteiger charge is 2.26. The number of aryl methyl sites for hydroxylation is 1. The largest absolute Gasteiger partial charge is 0.382 e. The van der Waals surface area contributed by atoms with E-state index in [9.17, 15) is 0 Å². The van der Waals surface area contributed by atoms with Crippen LogP contribution in [0.4, 0.5) is 5.69 Å². The lowest BCUT2D eigenvalue weighted by Crippen LogP contribution is -2.29. The third-order valence-electron chi connectivity index (χ3n) is 4.21. The lowest BCUT2D eigenvalue weighted by Gasteiger charge is -2.35. The van der Waals surface area contributed by atoms with Gasteiger partial charge in [-0.15, -0.1) is 11.3 Å². The van der Waals surface area contributed by atoms with Gasteiger partial charge in [-0.1, -0.05) is 13.8 Å². The van der Waals surface area contributed by atoms with Gasteiger partial charge in [0.05, 0.1) is 15.2 Å². The molecule has 3 rings (SSSR count). The molecule has 2 nitrogen and oxygen atoms in total. The number of hydrogen-bond donors (Lipinski definition) is 1. The van der Waals surface area contributed by atoms with Crippen molar-refractivity contribution < 1.29 is 0 Å². The molecule has 0 saturated heterocycles. The maximum absolute atomic E-state index is 4.51. The fourth-order valence-corrected chi connectivity index (χ4v) is 3.78. The van der Waals surface area contributed by atoms with Gasteiger partial charge in [0.25, 0.3) is 0 Å². The van der Waals surface area contributed by atoms with E-state index in [1.165, 1.54) is 36.1 Å². The van der Waals surface area contributed by atoms with Gasteiger partial charge in [0.2, 0.25) is 0 Å². The minimum absolute atomic E-state index is 0.539. The highest BCUT2D eigenvalue weighted by Crippen LogP contribution is 2.36. The Kier molecular flexibility index (Phi) is 3.25. The molecule has 0 spiro atoms. The van der Waals surface area contributed by atoms with Gasteiger partial charge in [-0.05, 0) is 56.2 Å². The first-order valence-corrected chi connectivity index (χ1v) is 7.97. The van der Waals surface area contributed by atoms with Crippen LogP contribution in [0.1, 0.15) is 44.5 Å². The van der Waals surface area contributed by atoms with Gasteiger partial charge in [0.1, 0.15) is 0 Å². The predicted molar refractivity (Wildman–Crippen MR) is 84.0 cm³/mol. The second kappa shape index (κ2) is 4.78. The molecular formula is C16H22N2S. The average Bonchev–Trinajstić information content (AvgIpc) is 2.71. The van der Waals surface area contributed by atoms with Gasteiger partial charge in [0, 0.05) is 11.7 Å². The maximum atomic E-state index is 4.51. The van der Waals surface area contributed by atoms with Gasteiger partial charge < -0.3 is 5.32 Å². The van der Waals surface area contributed by atoms with E-state index < -0.39 is 0 Å². The first-order chi connectivity index (χ1) is 9.02. The number of benzene rings is 1. The number of hydrogen-bond acceptors (Lipinski definition) is 3. The van der Waals surface area contributed by atoms with Gasteiger partial charge in [-0.2, -0.15) is 0 Å². The van der Waals surface area contributed by atoms with Crippen molar-refractivity contribution in [3.05, 3.63) is 23.2 Å². The van der Waals surface area contributed by atoms with Crippen molar-refractivity contribution in [2.75, 3.05) is 5.32 Å². The van der Waals surface area contributed by atoms with Gasteiger partial charge in [-0.25, -0.2) is 4.98 Å². The van der Waals surface area contributed by atoms with Crippen molar-refractivity contribution in [1.82, 2.24) is 4.98 Å². The molecule has 1 aliphatic rings. The molecule has 3 heteroatoms.